The van der Waals surface area contributed by atoms with Crippen LogP contribution in [-0.2, 0) is 6.42 Å². The number of unbranched alkanes of at least 4 members (excludes halogenated alkanes) is 4. The molecule has 41 heavy (non-hydrogen) atoms. The second-order valence-electron chi connectivity index (χ2n) is 10.4. The second kappa shape index (κ2) is 12.3. The molecule has 3 aromatic carbocycles. The lowest BCUT2D eigenvalue weighted by Gasteiger charge is -2.06. The number of halogens is 2. The normalized spacial score (nSPS) is 11.5. The lowest BCUT2D eigenvalue weighted by molar-refractivity contribution is 0.618. The molecule has 3 heterocycles. The van der Waals surface area contributed by atoms with Gasteiger partial charge in [0.1, 0.15) is 22.7 Å². The third kappa shape index (κ3) is 5.89. The smallest absolute Gasteiger partial charge is 0.132 e. The van der Waals surface area contributed by atoms with E-state index >= 15 is 4.39 Å². The molecule has 0 fully saturated rings. The Morgan fingerprint density at radius 3 is 1.66 bits per heavy atom. The van der Waals surface area contributed by atoms with Gasteiger partial charge in [-0.05, 0) is 67.3 Å². The lowest BCUT2D eigenvalue weighted by Crippen LogP contribution is -1.90. The number of benzene rings is 3. The van der Waals surface area contributed by atoms with Crippen molar-refractivity contribution in [3.05, 3.63) is 95.6 Å². The van der Waals surface area contributed by atoms with Gasteiger partial charge in [-0.1, -0.05) is 69.0 Å². The highest BCUT2D eigenvalue weighted by molar-refractivity contribution is 7.19. The van der Waals surface area contributed by atoms with Crippen molar-refractivity contribution in [3.8, 4) is 41.8 Å². The van der Waals surface area contributed by atoms with Crippen LogP contribution in [0.3, 0.4) is 0 Å². The van der Waals surface area contributed by atoms with Crippen LogP contribution in [0, 0.1) is 18.6 Å². The van der Waals surface area contributed by atoms with E-state index in [0.717, 1.165) is 65.6 Å². The molecule has 0 aliphatic rings. The first kappa shape index (κ1) is 27.9. The summed E-state index contributed by atoms with van der Waals surface area (Å²) in [6.07, 6.45) is 6.97. The van der Waals surface area contributed by atoms with Gasteiger partial charge in [-0.3, -0.25) is 0 Å². The highest BCUT2D eigenvalue weighted by Gasteiger charge is 2.18. The monoisotopic (exact) mass is 600 g/mol. The molecule has 0 spiro atoms. The van der Waals surface area contributed by atoms with Crippen LogP contribution in [0.1, 0.15) is 50.2 Å². The van der Waals surface area contributed by atoms with Gasteiger partial charge in [0.15, 0.2) is 0 Å². The average molecular weight is 601 g/mol. The molecular weight excluding hydrogens is 571 g/mol. The molecule has 0 unspecified atom stereocenters. The molecule has 2 nitrogen and oxygen atoms in total. The van der Waals surface area contributed by atoms with Crippen LogP contribution in [0.4, 0.5) is 8.78 Å². The van der Waals surface area contributed by atoms with Gasteiger partial charge in [-0.15, -0.1) is 22.7 Å². The molecule has 208 valence electrons. The van der Waals surface area contributed by atoms with E-state index in [0.29, 0.717) is 11.1 Å². The van der Waals surface area contributed by atoms with E-state index in [1.54, 1.807) is 34.8 Å². The van der Waals surface area contributed by atoms with Crippen LogP contribution in [-0.4, -0.2) is 8.75 Å². The number of aromatic nitrogens is 2. The van der Waals surface area contributed by atoms with E-state index in [-0.39, 0.29) is 11.6 Å². The predicted octanol–water partition coefficient (Wildman–Crippen LogP) is 11.6. The van der Waals surface area contributed by atoms with Crippen LogP contribution in [0.15, 0.2) is 72.8 Å². The molecule has 0 aliphatic carbocycles. The zero-order valence-electron chi connectivity index (χ0n) is 23.0. The first-order valence-electron chi connectivity index (χ1n) is 14.0. The van der Waals surface area contributed by atoms with Crippen LogP contribution in [0.5, 0.6) is 0 Å². The van der Waals surface area contributed by atoms with Crippen molar-refractivity contribution in [2.45, 2.75) is 52.4 Å². The first-order chi connectivity index (χ1) is 20.0. The summed E-state index contributed by atoms with van der Waals surface area (Å²) in [5.74, 6) is -0.380. The summed E-state index contributed by atoms with van der Waals surface area (Å²) in [4.78, 5) is 3.82. The summed E-state index contributed by atoms with van der Waals surface area (Å²) < 4.78 is 39.0. The molecule has 0 saturated heterocycles. The Morgan fingerprint density at radius 2 is 1.10 bits per heavy atom. The van der Waals surface area contributed by atoms with E-state index in [1.807, 2.05) is 49.4 Å². The van der Waals surface area contributed by atoms with E-state index in [4.69, 9.17) is 0 Å². The number of hydrogen-bond acceptors (Lipinski definition) is 5. The topological polar surface area (TPSA) is 25.8 Å². The highest BCUT2D eigenvalue weighted by atomic mass is 32.1. The predicted molar refractivity (Wildman–Crippen MR) is 172 cm³/mol. The molecule has 0 atom stereocenters. The Bertz CT molecular complexity index is 1810. The number of hydrogen-bond donors (Lipinski definition) is 0. The van der Waals surface area contributed by atoms with Crippen molar-refractivity contribution in [3.63, 3.8) is 0 Å². The molecule has 0 amide bonds. The summed E-state index contributed by atoms with van der Waals surface area (Å²) >= 11 is 4.30. The molecule has 7 heteroatoms. The van der Waals surface area contributed by atoms with Gasteiger partial charge >= 0.3 is 0 Å². The quantitative estimate of drug-likeness (QED) is 0.146. The summed E-state index contributed by atoms with van der Waals surface area (Å²) in [6.45, 7) is 4.10. The lowest BCUT2D eigenvalue weighted by atomic mass is 10.0. The van der Waals surface area contributed by atoms with Crippen molar-refractivity contribution < 1.29 is 8.78 Å². The largest absolute Gasteiger partial charge is 0.206 e. The highest BCUT2D eigenvalue weighted by Crippen LogP contribution is 2.43. The molecule has 3 aromatic heterocycles. The average Bonchev–Trinajstić information content (AvgIpc) is 3.74. The fourth-order valence-corrected chi connectivity index (χ4v) is 7.88. The van der Waals surface area contributed by atoms with Crippen LogP contribution < -0.4 is 0 Å². The van der Waals surface area contributed by atoms with Crippen LogP contribution in [0.25, 0.3) is 52.8 Å². The molecule has 0 radical (unpaired) electrons. The van der Waals surface area contributed by atoms with Crippen LogP contribution >= 0.6 is 34.4 Å². The number of rotatable bonds is 10. The van der Waals surface area contributed by atoms with Gasteiger partial charge in [-0.2, -0.15) is 8.75 Å². The second-order valence-corrected chi connectivity index (χ2v) is 13.1. The van der Waals surface area contributed by atoms with Gasteiger partial charge in [-0.25, -0.2) is 8.78 Å². The minimum Gasteiger partial charge on any atom is -0.206 e. The number of aryl methyl sites for hydroxylation is 2. The van der Waals surface area contributed by atoms with E-state index in [1.165, 1.54) is 37.4 Å². The minimum atomic E-state index is -0.212. The van der Waals surface area contributed by atoms with Gasteiger partial charge in [0.2, 0.25) is 0 Å². The Morgan fingerprint density at radius 1 is 0.585 bits per heavy atom. The van der Waals surface area contributed by atoms with Crippen molar-refractivity contribution in [2.75, 3.05) is 0 Å². The fraction of sp³-hybridized carbons (Fsp3) is 0.235. The van der Waals surface area contributed by atoms with Gasteiger partial charge in [0.25, 0.3) is 0 Å². The van der Waals surface area contributed by atoms with Crippen molar-refractivity contribution in [1.29, 1.82) is 0 Å². The fourth-order valence-electron chi connectivity index (χ4n) is 5.19. The maximum absolute atomic E-state index is 15.2. The first-order valence-corrected chi connectivity index (χ1v) is 16.4. The van der Waals surface area contributed by atoms with E-state index < -0.39 is 0 Å². The van der Waals surface area contributed by atoms with Crippen molar-refractivity contribution >= 4 is 45.4 Å². The van der Waals surface area contributed by atoms with Gasteiger partial charge < -0.3 is 0 Å². The maximum atomic E-state index is 15.2. The molecule has 0 N–H and O–H groups in total. The Kier molecular flexibility index (Phi) is 8.37. The van der Waals surface area contributed by atoms with E-state index in [2.05, 4.69) is 33.9 Å². The van der Waals surface area contributed by atoms with Gasteiger partial charge in [0, 0.05) is 41.8 Å². The Hall–Kier alpha value is -3.26. The molecule has 6 rings (SSSR count). The zero-order valence-corrected chi connectivity index (χ0v) is 25.5. The van der Waals surface area contributed by atoms with Crippen molar-refractivity contribution in [1.82, 2.24) is 8.75 Å². The molecule has 0 saturated carbocycles. The number of nitrogens with zero attached hydrogens (tertiary/aromatic N) is 2. The van der Waals surface area contributed by atoms with Crippen LogP contribution in [0.2, 0.25) is 0 Å². The Balaban J connectivity index is 1.25. The zero-order chi connectivity index (χ0) is 28.3. The Labute approximate surface area is 251 Å². The summed E-state index contributed by atoms with van der Waals surface area (Å²) in [5.41, 5.74) is 6.83. The van der Waals surface area contributed by atoms with Gasteiger partial charge in [0.05, 0.1) is 11.7 Å². The standard InChI is InChI=1S/C34H30F2N2S3/c1-3-4-5-6-7-8-22-10-12-24(28(36)20-22)30-16-18-32(40-30)26-14-13-25(33-34(26)38-41-37-33)31-17-15-29(39-31)23-11-9-21(2)19-27(23)35/h9-20H,3-8H2,1-2H3. The third-order valence-electron chi connectivity index (χ3n) is 7.42. The molecular formula is C34H30F2N2S3. The summed E-state index contributed by atoms with van der Waals surface area (Å²) in [6, 6.07) is 23.2. The molecule has 0 bridgehead atoms. The SMILES string of the molecule is CCCCCCCc1ccc(-c2ccc(-c3ccc(-c4ccc(-c5ccc(C)cc5F)s4)c4nsnc34)s2)c(F)c1. The third-order valence-corrected chi connectivity index (χ3v) is 10.2. The number of thiophene rings is 2. The summed E-state index contributed by atoms with van der Waals surface area (Å²) in [7, 11) is 0. The maximum Gasteiger partial charge on any atom is 0.132 e. The molecule has 0 aliphatic heterocycles. The van der Waals surface area contributed by atoms with Crippen molar-refractivity contribution in [2.24, 2.45) is 0 Å². The summed E-state index contributed by atoms with van der Waals surface area (Å²) in [5, 5.41) is 0. The number of fused-ring (bicyclic) bond motifs is 1. The molecule has 6 aromatic rings. The van der Waals surface area contributed by atoms with E-state index in [9.17, 15) is 4.39 Å². The minimum absolute atomic E-state index is 0.168.